The van der Waals surface area contributed by atoms with Gasteiger partial charge in [0.05, 0.1) is 18.8 Å². The largest absolute Gasteiger partial charge is 0.392 e. The highest BCUT2D eigenvalue weighted by molar-refractivity contribution is 7.99. The third-order valence-electron chi connectivity index (χ3n) is 7.08. The highest BCUT2D eigenvalue weighted by Crippen LogP contribution is 2.40. The Bertz CT molecular complexity index is 1420. The lowest BCUT2D eigenvalue weighted by molar-refractivity contribution is -0.245. The van der Waals surface area contributed by atoms with E-state index in [1.165, 1.54) is 0 Å². The van der Waals surface area contributed by atoms with Crippen LogP contribution in [0.15, 0.2) is 90.3 Å². The maximum atomic E-state index is 11.9. The number of nitrogens with one attached hydrogen (secondary N) is 2. The molecule has 1 aliphatic rings. The molecule has 1 aromatic heterocycles. The van der Waals surface area contributed by atoms with Gasteiger partial charge in [-0.25, -0.2) is 9.78 Å². The molecule has 2 amide bonds. The molecule has 3 atom stereocenters. The molecule has 0 bridgehead atoms. The molecule has 5 rings (SSSR count). The second-order valence-electron chi connectivity index (χ2n) is 9.97. The van der Waals surface area contributed by atoms with E-state index in [0.29, 0.717) is 13.1 Å². The number of aryl methyl sites for hydroxylation is 1. The highest BCUT2D eigenvalue weighted by atomic mass is 32.2. The predicted molar refractivity (Wildman–Crippen MR) is 160 cm³/mol. The van der Waals surface area contributed by atoms with Crippen molar-refractivity contribution in [2.45, 2.75) is 50.2 Å². The van der Waals surface area contributed by atoms with Crippen molar-refractivity contribution in [3.8, 4) is 11.1 Å². The molecule has 1 saturated heterocycles. The molecule has 1 aliphatic heterocycles. The summed E-state index contributed by atoms with van der Waals surface area (Å²) < 4.78 is 15.0. The Morgan fingerprint density at radius 3 is 2.49 bits per heavy atom. The first-order chi connectivity index (χ1) is 20.0. The Morgan fingerprint density at radius 1 is 1.02 bits per heavy atom. The Morgan fingerprint density at radius 2 is 1.78 bits per heavy atom. The molecule has 0 spiro atoms. The summed E-state index contributed by atoms with van der Waals surface area (Å²) in [6, 6.07) is 24.1. The summed E-state index contributed by atoms with van der Waals surface area (Å²) in [5.74, 6) is 0.750. The van der Waals surface area contributed by atoms with Crippen LogP contribution in [0.25, 0.3) is 11.1 Å². The van der Waals surface area contributed by atoms with E-state index in [1.807, 2.05) is 79.3 Å². The summed E-state index contributed by atoms with van der Waals surface area (Å²) >= 11 is 1.68. The molecule has 4 aromatic rings. The molecule has 0 unspecified atom stereocenters. The lowest BCUT2D eigenvalue weighted by atomic mass is 9.98. The van der Waals surface area contributed by atoms with Gasteiger partial charge in [-0.3, -0.25) is 0 Å². The number of carbonyl (C=O) groups is 1. The fraction of sp³-hybridized carbons (Fsp3) is 0.312. The minimum Gasteiger partial charge on any atom is -0.392 e. The number of aliphatic hydroxyl groups is 1. The van der Waals surface area contributed by atoms with E-state index >= 15 is 0 Å². The van der Waals surface area contributed by atoms with Gasteiger partial charge in [0.15, 0.2) is 11.4 Å². The highest BCUT2D eigenvalue weighted by Gasteiger charge is 2.32. The number of hydrogen-bond acceptors (Lipinski definition) is 6. The van der Waals surface area contributed by atoms with Crippen LogP contribution in [-0.4, -0.2) is 39.1 Å². The number of benzene rings is 3. The van der Waals surface area contributed by atoms with Crippen molar-refractivity contribution >= 4 is 17.8 Å². The fourth-order valence-corrected chi connectivity index (χ4v) is 5.81. The topological polar surface area (TPSA) is 97.6 Å². The zero-order chi connectivity index (χ0) is 28.6. The summed E-state index contributed by atoms with van der Waals surface area (Å²) in [4.78, 5) is 16.4. The predicted octanol–water partition coefficient (Wildman–Crippen LogP) is 5.74. The lowest BCUT2D eigenvalue weighted by Crippen LogP contribution is -2.34. The van der Waals surface area contributed by atoms with Crippen LogP contribution >= 0.6 is 11.8 Å². The van der Waals surface area contributed by atoms with Crippen molar-refractivity contribution in [3.63, 3.8) is 0 Å². The van der Waals surface area contributed by atoms with E-state index in [1.54, 1.807) is 18.0 Å². The van der Waals surface area contributed by atoms with Crippen LogP contribution in [0.5, 0.6) is 0 Å². The summed E-state index contributed by atoms with van der Waals surface area (Å²) in [7, 11) is 1.99. The lowest BCUT2D eigenvalue weighted by Gasteiger charge is -2.36. The average molecular weight is 573 g/mol. The van der Waals surface area contributed by atoms with E-state index in [2.05, 4.69) is 33.8 Å². The zero-order valence-electron chi connectivity index (χ0n) is 23.3. The van der Waals surface area contributed by atoms with Gasteiger partial charge in [0.1, 0.15) is 0 Å². The minimum absolute atomic E-state index is 0.0119. The van der Waals surface area contributed by atoms with Gasteiger partial charge in [0.25, 0.3) is 0 Å². The number of aliphatic hydroxyl groups excluding tert-OH is 1. The smallest absolute Gasteiger partial charge is 0.315 e. The van der Waals surface area contributed by atoms with Gasteiger partial charge >= 0.3 is 6.03 Å². The Hall–Kier alpha value is -3.63. The summed E-state index contributed by atoms with van der Waals surface area (Å²) in [6.07, 6.45) is 3.75. The van der Waals surface area contributed by atoms with Gasteiger partial charge in [-0.2, -0.15) is 0 Å². The van der Waals surface area contributed by atoms with Crippen molar-refractivity contribution in [2.75, 3.05) is 12.3 Å². The van der Waals surface area contributed by atoms with Crippen molar-refractivity contribution in [1.29, 1.82) is 0 Å². The first kappa shape index (κ1) is 28.9. The molecular formula is C32H36N4O4S. The number of rotatable bonds is 10. The van der Waals surface area contributed by atoms with Crippen molar-refractivity contribution in [1.82, 2.24) is 20.2 Å². The van der Waals surface area contributed by atoms with E-state index in [4.69, 9.17) is 9.47 Å². The Labute approximate surface area is 245 Å². The van der Waals surface area contributed by atoms with E-state index in [-0.39, 0.29) is 24.8 Å². The number of imidazole rings is 1. The fourth-order valence-electron chi connectivity index (χ4n) is 4.86. The van der Waals surface area contributed by atoms with Crippen molar-refractivity contribution in [2.24, 2.45) is 7.05 Å². The summed E-state index contributed by atoms with van der Waals surface area (Å²) in [5.41, 5.74) is 6.03. The van der Waals surface area contributed by atoms with Crippen LogP contribution in [-0.2, 0) is 29.7 Å². The first-order valence-corrected chi connectivity index (χ1v) is 14.8. The second-order valence-corrected chi connectivity index (χ2v) is 11.0. The number of carbonyl (C=O) groups excluding carboxylic acids is 1. The number of aromatic nitrogens is 2. The van der Waals surface area contributed by atoms with Crippen LogP contribution in [0.3, 0.4) is 0 Å². The molecular weight excluding hydrogens is 536 g/mol. The molecule has 0 radical (unpaired) electrons. The maximum absolute atomic E-state index is 11.9. The quantitative estimate of drug-likeness (QED) is 0.210. The Kier molecular flexibility index (Phi) is 9.74. The molecule has 8 nitrogen and oxygen atoms in total. The first-order valence-electron chi connectivity index (χ1n) is 13.8. The normalized spacial score (nSPS) is 18.7. The minimum atomic E-state index is -0.526. The number of thioether (sulfide) groups is 1. The summed E-state index contributed by atoms with van der Waals surface area (Å²) in [5, 5.41) is 16.1. The van der Waals surface area contributed by atoms with Crippen LogP contribution in [0, 0.1) is 0 Å². The third kappa shape index (κ3) is 7.37. The average Bonchev–Trinajstić information content (AvgIpc) is 3.43. The van der Waals surface area contributed by atoms with Gasteiger partial charge in [0, 0.05) is 50.3 Å². The van der Waals surface area contributed by atoms with Crippen molar-refractivity contribution in [3.05, 3.63) is 107 Å². The van der Waals surface area contributed by atoms with Gasteiger partial charge in [0.2, 0.25) is 0 Å². The molecule has 0 saturated carbocycles. The molecule has 3 aromatic carbocycles. The zero-order valence-corrected chi connectivity index (χ0v) is 24.1. The molecule has 2 heterocycles. The van der Waals surface area contributed by atoms with E-state index in [0.717, 1.165) is 50.7 Å². The Balaban J connectivity index is 1.34. The number of ether oxygens (including phenoxy) is 2. The van der Waals surface area contributed by atoms with Gasteiger partial charge < -0.3 is 29.8 Å². The standard InChI is InChI=1S/C32H36N4O4S/c1-3-33-31(38)35-19-26-6-4-5-7-28(26)23-12-14-25(15-13-23)30-39-27(21-41-32-34-16-17-36(32)2)18-29(40-30)24-10-8-22(20-37)9-11-24/h4-17,27,29-30,37H,3,18-21H2,1-2H3,(H2,33,35,38)/t27-,29+,30+/m0/s1. The van der Waals surface area contributed by atoms with Gasteiger partial charge in [-0.05, 0) is 34.7 Å². The molecule has 214 valence electrons. The molecule has 3 N–H and O–H groups in total. The monoisotopic (exact) mass is 572 g/mol. The van der Waals surface area contributed by atoms with E-state index < -0.39 is 6.29 Å². The SMILES string of the molecule is CCNC(=O)NCc1ccccc1-c1ccc([C@@H]2O[C@H](CSc3nccn3C)C[C@H](c3ccc(CO)cc3)O2)cc1. The van der Waals surface area contributed by atoms with Crippen LogP contribution < -0.4 is 10.6 Å². The van der Waals surface area contributed by atoms with E-state index in [9.17, 15) is 9.90 Å². The molecule has 1 fully saturated rings. The van der Waals surface area contributed by atoms with Crippen molar-refractivity contribution < 1.29 is 19.4 Å². The molecule has 0 aliphatic carbocycles. The van der Waals surface area contributed by atoms with Gasteiger partial charge in [-0.15, -0.1) is 0 Å². The number of amides is 2. The summed E-state index contributed by atoms with van der Waals surface area (Å²) in [6.45, 7) is 2.92. The van der Waals surface area contributed by atoms with Crippen LogP contribution in [0.2, 0.25) is 0 Å². The van der Waals surface area contributed by atoms with Gasteiger partial charge in [-0.1, -0.05) is 84.6 Å². The number of nitrogens with zero attached hydrogens (tertiary/aromatic N) is 2. The molecule has 41 heavy (non-hydrogen) atoms. The van der Waals surface area contributed by atoms with Crippen LogP contribution in [0.1, 0.15) is 48.0 Å². The maximum Gasteiger partial charge on any atom is 0.315 e. The number of urea groups is 1. The van der Waals surface area contributed by atoms with Crippen LogP contribution in [0.4, 0.5) is 4.79 Å². The molecule has 9 heteroatoms. The number of hydrogen-bond donors (Lipinski definition) is 3. The third-order valence-corrected chi connectivity index (χ3v) is 8.27. The second kappa shape index (κ2) is 13.8.